The van der Waals surface area contributed by atoms with Crippen molar-refractivity contribution in [1.82, 2.24) is 24.1 Å². The molecule has 0 aliphatic rings. The number of nitrogens with zero attached hydrogens (tertiary/aromatic N) is 4. The predicted molar refractivity (Wildman–Crippen MR) is 128 cm³/mol. The van der Waals surface area contributed by atoms with E-state index in [0.29, 0.717) is 22.6 Å². The maximum absolute atomic E-state index is 13.5. The summed E-state index contributed by atoms with van der Waals surface area (Å²) in [6, 6.07) is 22.9. The molecule has 0 aliphatic heterocycles. The van der Waals surface area contributed by atoms with Gasteiger partial charge >= 0.3 is 5.69 Å². The molecule has 0 spiro atoms. The van der Waals surface area contributed by atoms with Crippen molar-refractivity contribution in [2.24, 2.45) is 0 Å². The minimum atomic E-state index is -0.400. The van der Waals surface area contributed by atoms with E-state index in [9.17, 15) is 9.59 Å². The number of nitrogens with one attached hydrogen (secondary N) is 1. The molecule has 1 N–H and O–H groups in total. The fourth-order valence-corrected chi connectivity index (χ4v) is 4.24. The van der Waals surface area contributed by atoms with Gasteiger partial charge in [0, 0.05) is 33.6 Å². The van der Waals surface area contributed by atoms with Crippen molar-refractivity contribution in [2.45, 2.75) is 13.5 Å². The maximum Gasteiger partial charge on any atom is 0.351 e. The number of aromatic amines is 1. The van der Waals surface area contributed by atoms with Gasteiger partial charge in [-0.1, -0.05) is 60.2 Å². The van der Waals surface area contributed by atoms with Gasteiger partial charge in [0.1, 0.15) is 0 Å². The minimum absolute atomic E-state index is 0.100. The third-order valence-corrected chi connectivity index (χ3v) is 5.96. The molecule has 0 atom stereocenters. The Morgan fingerprint density at radius 1 is 0.939 bits per heavy atom. The second-order valence-electron chi connectivity index (χ2n) is 8.09. The van der Waals surface area contributed by atoms with Crippen molar-refractivity contribution in [3.63, 3.8) is 0 Å². The summed E-state index contributed by atoms with van der Waals surface area (Å²) in [6.07, 6.45) is 1.70. The first-order valence-corrected chi connectivity index (χ1v) is 10.6. The van der Waals surface area contributed by atoms with Gasteiger partial charge in [0.2, 0.25) is 0 Å². The fourth-order valence-electron chi connectivity index (χ4n) is 4.24. The van der Waals surface area contributed by atoms with Gasteiger partial charge in [-0.2, -0.15) is 4.52 Å². The van der Waals surface area contributed by atoms with Crippen LogP contribution in [0.5, 0.6) is 0 Å². The molecule has 6 rings (SSSR count). The quantitative estimate of drug-likeness (QED) is 0.418. The molecule has 0 saturated carbocycles. The highest BCUT2D eigenvalue weighted by Gasteiger charge is 2.19. The lowest BCUT2D eigenvalue weighted by Crippen LogP contribution is -2.30. The fraction of sp³-hybridized carbons (Fsp3) is 0.0769. The van der Waals surface area contributed by atoms with Gasteiger partial charge in [-0.15, -0.1) is 5.10 Å². The SMILES string of the molecule is Cc1ccc(-c2nc3c4ccccc4n(CC(=O)c4c[nH]c5ccccc45)c(=O)n3n2)cc1. The highest BCUT2D eigenvalue weighted by molar-refractivity contribution is 6.08. The number of hydrogen-bond acceptors (Lipinski definition) is 4. The average molecular weight is 433 g/mol. The molecular weight excluding hydrogens is 414 g/mol. The Balaban J connectivity index is 1.52. The van der Waals surface area contributed by atoms with E-state index in [1.54, 1.807) is 6.20 Å². The van der Waals surface area contributed by atoms with Crippen LogP contribution in [0.4, 0.5) is 0 Å². The zero-order chi connectivity index (χ0) is 22.5. The highest BCUT2D eigenvalue weighted by Crippen LogP contribution is 2.23. The zero-order valence-corrected chi connectivity index (χ0v) is 17.8. The lowest BCUT2D eigenvalue weighted by molar-refractivity contribution is 0.0973. The summed E-state index contributed by atoms with van der Waals surface area (Å²) in [5, 5.41) is 6.09. The van der Waals surface area contributed by atoms with Crippen LogP contribution >= 0.6 is 0 Å². The van der Waals surface area contributed by atoms with Gasteiger partial charge in [0.15, 0.2) is 17.3 Å². The number of carbonyl (C=O) groups excluding carboxylic acids is 1. The third-order valence-electron chi connectivity index (χ3n) is 5.96. The number of Topliss-reactive ketones (excluding diaryl/α,β-unsaturated/α-hetero) is 1. The van der Waals surface area contributed by atoms with Crippen LogP contribution in [0, 0.1) is 6.92 Å². The molecule has 0 bridgehead atoms. The summed E-state index contributed by atoms with van der Waals surface area (Å²) in [5.41, 5.74) is 4.12. The normalized spacial score (nSPS) is 11.5. The van der Waals surface area contributed by atoms with Crippen LogP contribution < -0.4 is 5.69 Å². The summed E-state index contributed by atoms with van der Waals surface area (Å²) in [6.45, 7) is 1.91. The van der Waals surface area contributed by atoms with Crippen LogP contribution in [0.3, 0.4) is 0 Å². The molecule has 0 saturated heterocycles. The number of benzene rings is 3. The molecule has 6 aromatic rings. The lowest BCUT2D eigenvalue weighted by Gasteiger charge is -2.10. The van der Waals surface area contributed by atoms with E-state index < -0.39 is 5.69 Å². The van der Waals surface area contributed by atoms with E-state index in [1.165, 1.54) is 9.08 Å². The van der Waals surface area contributed by atoms with Crippen molar-refractivity contribution < 1.29 is 4.79 Å². The largest absolute Gasteiger partial charge is 0.360 e. The number of H-pyrrole nitrogens is 1. The Hall–Kier alpha value is -4.52. The van der Waals surface area contributed by atoms with Crippen molar-refractivity contribution in [2.75, 3.05) is 0 Å². The molecule has 160 valence electrons. The minimum Gasteiger partial charge on any atom is -0.360 e. The van der Waals surface area contributed by atoms with Gasteiger partial charge in [-0.3, -0.25) is 9.36 Å². The number of carbonyl (C=O) groups is 1. The zero-order valence-electron chi connectivity index (χ0n) is 17.8. The van der Waals surface area contributed by atoms with Gasteiger partial charge in [-0.05, 0) is 25.1 Å². The van der Waals surface area contributed by atoms with E-state index in [0.717, 1.165) is 27.4 Å². The lowest BCUT2D eigenvalue weighted by atomic mass is 10.1. The summed E-state index contributed by atoms with van der Waals surface area (Å²) in [4.78, 5) is 34.5. The van der Waals surface area contributed by atoms with E-state index in [-0.39, 0.29) is 12.3 Å². The summed E-state index contributed by atoms with van der Waals surface area (Å²) in [7, 11) is 0. The Morgan fingerprint density at radius 3 is 2.48 bits per heavy atom. The van der Waals surface area contributed by atoms with Crippen molar-refractivity contribution in [1.29, 1.82) is 0 Å². The third kappa shape index (κ3) is 3.05. The molecular formula is C26H19N5O2. The van der Waals surface area contributed by atoms with Crippen molar-refractivity contribution >= 4 is 33.2 Å². The first kappa shape index (κ1) is 19.2. The molecule has 3 heterocycles. The Kier molecular flexibility index (Phi) is 4.23. The van der Waals surface area contributed by atoms with Crippen LogP contribution in [-0.4, -0.2) is 29.9 Å². The summed E-state index contributed by atoms with van der Waals surface area (Å²) in [5.74, 6) is 0.316. The molecule has 7 heteroatoms. The molecule has 3 aromatic carbocycles. The Morgan fingerprint density at radius 2 is 1.67 bits per heavy atom. The number of rotatable bonds is 4. The average Bonchev–Trinajstić information content (AvgIpc) is 3.47. The van der Waals surface area contributed by atoms with Crippen LogP contribution in [0.1, 0.15) is 15.9 Å². The molecule has 33 heavy (non-hydrogen) atoms. The second-order valence-corrected chi connectivity index (χ2v) is 8.09. The number of aromatic nitrogens is 5. The van der Waals surface area contributed by atoms with E-state index >= 15 is 0 Å². The Bertz CT molecular complexity index is 1740. The summed E-state index contributed by atoms with van der Waals surface area (Å²) >= 11 is 0. The smallest absolute Gasteiger partial charge is 0.351 e. The number of para-hydroxylation sites is 2. The van der Waals surface area contributed by atoms with Gasteiger partial charge < -0.3 is 4.98 Å². The number of ketones is 1. The van der Waals surface area contributed by atoms with Crippen LogP contribution in [-0.2, 0) is 6.54 Å². The van der Waals surface area contributed by atoms with Crippen LogP contribution in [0.25, 0.3) is 38.8 Å². The van der Waals surface area contributed by atoms with Crippen LogP contribution in [0.15, 0.2) is 83.8 Å². The van der Waals surface area contributed by atoms with Crippen molar-refractivity contribution in [3.05, 3.63) is 101 Å². The number of fused-ring (bicyclic) bond motifs is 4. The van der Waals surface area contributed by atoms with Gasteiger partial charge in [0.25, 0.3) is 0 Å². The molecule has 7 nitrogen and oxygen atoms in total. The molecule has 3 aromatic heterocycles. The molecule has 0 unspecified atom stereocenters. The highest BCUT2D eigenvalue weighted by atomic mass is 16.2. The standard InChI is InChI=1S/C26H19N5O2/c1-16-10-12-17(13-11-16)24-28-25-19-7-3-5-9-22(19)30(26(33)31(25)29-24)15-23(32)20-14-27-21-8-4-2-6-18(20)21/h2-14,27H,15H2,1H3. The van der Waals surface area contributed by atoms with E-state index in [4.69, 9.17) is 0 Å². The van der Waals surface area contributed by atoms with Gasteiger partial charge in [0.05, 0.1) is 12.1 Å². The predicted octanol–water partition coefficient (Wildman–Crippen LogP) is 4.38. The monoisotopic (exact) mass is 433 g/mol. The molecule has 0 fully saturated rings. The van der Waals surface area contributed by atoms with E-state index in [1.807, 2.05) is 79.7 Å². The molecule has 0 amide bonds. The summed E-state index contributed by atoms with van der Waals surface area (Å²) < 4.78 is 2.76. The number of hydrogen-bond donors (Lipinski definition) is 1. The molecule has 0 aliphatic carbocycles. The second kappa shape index (κ2) is 7.27. The van der Waals surface area contributed by atoms with Crippen molar-refractivity contribution in [3.8, 4) is 11.4 Å². The molecule has 0 radical (unpaired) electrons. The maximum atomic E-state index is 13.5. The first-order chi connectivity index (χ1) is 16.1. The Labute approximate surface area is 187 Å². The van der Waals surface area contributed by atoms with Gasteiger partial charge in [-0.25, -0.2) is 9.78 Å². The first-order valence-electron chi connectivity index (χ1n) is 10.6. The number of aryl methyl sites for hydroxylation is 1. The topological polar surface area (TPSA) is 85.0 Å². The van der Waals surface area contributed by atoms with E-state index in [2.05, 4.69) is 15.1 Å². The van der Waals surface area contributed by atoms with Crippen LogP contribution in [0.2, 0.25) is 0 Å².